The minimum atomic E-state index is -1.24. The molecule has 4 amide bonds. The fourth-order valence-electron chi connectivity index (χ4n) is 10.2. The van der Waals surface area contributed by atoms with E-state index in [4.69, 9.17) is 0 Å². The Morgan fingerprint density at radius 3 is 1.26 bits per heavy atom. The van der Waals surface area contributed by atoms with Crippen molar-refractivity contribution < 1.29 is 39.0 Å². The van der Waals surface area contributed by atoms with E-state index in [9.17, 15) is 39.0 Å². The van der Waals surface area contributed by atoms with Gasteiger partial charge in [-0.25, -0.2) is 9.59 Å². The van der Waals surface area contributed by atoms with Crippen LogP contribution in [-0.4, -0.2) is 112 Å². The zero-order chi connectivity index (χ0) is 45.6. The Hall–Kier alpha value is -6.20. The van der Waals surface area contributed by atoms with Gasteiger partial charge < -0.3 is 30.8 Å². The van der Waals surface area contributed by atoms with Crippen molar-refractivity contribution in [3.63, 3.8) is 0 Å². The molecule has 6 atom stereocenters. The smallest absolute Gasteiger partial charge is 0.326 e. The van der Waals surface area contributed by atoms with Gasteiger partial charge in [0.2, 0.25) is 0 Å². The molecule has 4 aromatic carbocycles. The predicted molar refractivity (Wildman–Crippen MR) is 254 cm³/mol. The van der Waals surface area contributed by atoms with Gasteiger partial charge in [0.25, 0.3) is 23.6 Å². The number of fused-ring (bicyclic) bond motifs is 4. The summed E-state index contributed by atoms with van der Waals surface area (Å²) in [6.07, 6.45) is 4.24. The van der Waals surface area contributed by atoms with Gasteiger partial charge in [0.05, 0.1) is 44.4 Å². The summed E-state index contributed by atoms with van der Waals surface area (Å²) in [5, 5.41) is 30.3. The maximum absolute atomic E-state index is 13.1. The van der Waals surface area contributed by atoms with E-state index < -0.39 is 47.7 Å². The van der Waals surface area contributed by atoms with Crippen molar-refractivity contribution in [2.75, 3.05) is 11.5 Å². The molecule has 10 rings (SSSR count). The van der Waals surface area contributed by atoms with Crippen molar-refractivity contribution in [3.05, 3.63) is 130 Å². The molecule has 0 bridgehead atoms. The number of amides is 4. The third kappa shape index (κ3) is 8.09. The Kier molecular flexibility index (Phi) is 12.1. The Bertz CT molecular complexity index is 2660. The highest BCUT2D eigenvalue weighted by atomic mass is 32.2. The fraction of sp³-hybridized carbons (Fsp3) is 0.320. The quantitative estimate of drug-likeness (QED) is 0.0499. The molecule has 2 fully saturated rings. The maximum atomic E-state index is 13.1. The van der Waals surface area contributed by atoms with Crippen LogP contribution in [-0.2, 0) is 22.4 Å². The molecule has 0 aliphatic carbocycles. The lowest BCUT2D eigenvalue weighted by atomic mass is 9.97. The number of aliphatic carboxylic acids is 2. The number of thioether (sulfide) groups is 2. The lowest BCUT2D eigenvalue weighted by Crippen LogP contribution is -2.45. The summed E-state index contributed by atoms with van der Waals surface area (Å²) in [6, 6.07) is 27.4. The van der Waals surface area contributed by atoms with E-state index in [-0.39, 0.29) is 57.9 Å². The van der Waals surface area contributed by atoms with Crippen LogP contribution in [0.5, 0.6) is 0 Å². The lowest BCUT2D eigenvalue weighted by Gasteiger charge is -2.23. The number of rotatable bonds is 17. The number of aromatic nitrogens is 2. The molecule has 338 valence electrons. The number of hydrogen-bond acceptors (Lipinski definition) is 10. The van der Waals surface area contributed by atoms with Gasteiger partial charge in [-0.2, -0.15) is 0 Å². The van der Waals surface area contributed by atoms with Crippen LogP contribution in [0.4, 0.5) is 0 Å². The van der Waals surface area contributed by atoms with Gasteiger partial charge in [-0.3, -0.25) is 29.0 Å². The molecular formula is C50H48N6O8S2. The van der Waals surface area contributed by atoms with E-state index >= 15 is 0 Å². The number of carboxylic acid groups (broad SMARTS) is 2. The number of benzene rings is 4. The number of carbonyl (C=O) groups excluding carboxylic acids is 4. The standard InChI is InChI=1S/C50H48N6O8S2/c57-45-31-13-1-2-14-32(31)46(58)55(45)39(49(61)62)19-9-21-41-51-27(25-65-41)23-35-29-11-5-7-17-37(29)53-43(35)44-36(30-12-6-8-18-38(30)54-44)24-28-26-66-42(52-28)22-10-20-40(50(63)64)56-47(59)33-15-3-4-16-34(33)48(56)60/h1-8,11-18,27-28,39-42,51-54H,9-10,19-26H2,(H,61,62)(H,63,64)/t27-,28-,39+,40+,41-,42-/m1/s1. The number of imide groups is 2. The Balaban J connectivity index is 0.802. The van der Waals surface area contributed by atoms with E-state index in [1.54, 1.807) is 48.5 Å². The van der Waals surface area contributed by atoms with Gasteiger partial charge in [0.1, 0.15) is 12.1 Å². The van der Waals surface area contributed by atoms with Crippen LogP contribution in [0.1, 0.15) is 91.1 Å². The van der Waals surface area contributed by atoms with Crippen LogP contribution < -0.4 is 10.6 Å². The van der Waals surface area contributed by atoms with E-state index in [1.165, 1.54) is 11.1 Å². The summed E-state index contributed by atoms with van der Waals surface area (Å²) in [7, 11) is 0. The van der Waals surface area contributed by atoms with Crippen LogP contribution in [0.25, 0.3) is 33.2 Å². The molecule has 14 nitrogen and oxygen atoms in total. The first-order valence-electron chi connectivity index (χ1n) is 22.4. The molecule has 16 heteroatoms. The van der Waals surface area contributed by atoms with Crippen LogP contribution in [0.3, 0.4) is 0 Å². The Labute approximate surface area is 388 Å². The molecule has 2 aromatic heterocycles. The molecule has 4 aliphatic rings. The molecule has 6 aromatic rings. The molecule has 0 spiro atoms. The number of carboxylic acids is 2. The normalized spacial score (nSPS) is 21.3. The van der Waals surface area contributed by atoms with Crippen molar-refractivity contribution in [1.82, 2.24) is 30.4 Å². The monoisotopic (exact) mass is 924 g/mol. The van der Waals surface area contributed by atoms with Crippen LogP contribution in [0.2, 0.25) is 0 Å². The third-order valence-electron chi connectivity index (χ3n) is 13.4. The number of para-hydroxylation sites is 2. The number of hydrogen-bond donors (Lipinski definition) is 6. The molecule has 0 radical (unpaired) electrons. The fourth-order valence-corrected chi connectivity index (χ4v) is 12.8. The summed E-state index contributed by atoms with van der Waals surface area (Å²) in [5.74, 6) is -2.89. The first-order valence-corrected chi connectivity index (χ1v) is 24.5. The van der Waals surface area contributed by atoms with Crippen molar-refractivity contribution >= 4 is 80.9 Å². The molecule has 66 heavy (non-hydrogen) atoms. The summed E-state index contributed by atoms with van der Waals surface area (Å²) in [4.78, 5) is 86.5. The first-order chi connectivity index (χ1) is 32.0. The molecule has 4 aliphatic heterocycles. The van der Waals surface area contributed by atoms with Crippen LogP contribution >= 0.6 is 23.5 Å². The number of H-pyrrole nitrogens is 2. The maximum Gasteiger partial charge on any atom is 0.326 e. The minimum absolute atomic E-state index is 0.0835. The van der Waals surface area contributed by atoms with E-state index in [0.717, 1.165) is 67.3 Å². The molecule has 0 unspecified atom stereocenters. The van der Waals surface area contributed by atoms with Gasteiger partial charge in [-0.15, -0.1) is 23.5 Å². The highest BCUT2D eigenvalue weighted by molar-refractivity contribution is 8.00. The van der Waals surface area contributed by atoms with Crippen LogP contribution in [0, 0.1) is 0 Å². The van der Waals surface area contributed by atoms with E-state index in [1.807, 2.05) is 35.7 Å². The van der Waals surface area contributed by atoms with E-state index in [2.05, 4.69) is 57.0 Å². The van der Waals surface area contributed by atoms with Gasteiger partial charge >= 0.3 is 11.9 Å². The SMILES string of the molecule is O=C(O)[C@H](CCC[C@@H]1N[C@H](Cc2c(-c3[nH]c4ccccc4c3C[C@@H]3CS[C@H](CCC[C@@H](C(=O)O)N4C(=O)c5ccccc5C4=O)N3)[nH]c3ccccc23)CS1)N1C(=O)c2ccccc2C1=O. The second kappa shape index (κ2) is 18.2. The third-order valence-corrected chi connectivity index (χ3v) is 16.1. The molecule has 2 saturated heterocycles. The number of nitrogens with one attached hydrogen (secondary N) is 4. The summed E-state index contributed by atoms with van der Waals surface area (Å²) in [6.45, 7) is 0. The first kappa shape index (κ1) is 43.7. The second-order valence-electron chi connectivity index (χ2n) is 17.4. The van der Waals surface area contributed by atoms with Gasteiger partial charge in [-0.05, 0) is 98.9 Å². The highest BCUT2D eigenvalue weighted by Gasteiger charge is 2.44. The zero-order valence-corrected chi connectivity index (χ0v) is 37.5. The number of carbonyl (C=O) groups is 6. The highest BCUT2D eigenvalue weighted by Crippen LogP contribution is 2.39. The number of nitrogens with zero attached hydrogens (tertiary/aromatic N) is 2. The Morgan fingerprint density at radius 1 is 0.545 bits per heavy atom. The molecule has 6 heterocycles. The lowest BCUT2D eigenvalue weighted by molar-refractivity contribution is -0.142. The van der Waals surface area contributed by atoms with Gasteiger partial charge in [-0.1, -0.05) is 60.7 Å². The minimum Gasteiger partial charge on any atom is -0.480 e. The summed E-state index contributed by atoms with van der Waals surface area (Å²) >= 11 is 3.61. The van der Waals surface area contributed by atoms with Crippen molar-refractivity contribution in [1.29, 1.82) is 0 Å². The van der Waals surface area contributed by atoms with Crippen molar-refractivity contribution in [2.24, 2.45) is 0 Å². The number of aromatic amines is 2. The van der Waals surface area contributed by atoms with E-state index in [0.29, 0.717) is 25.7 Å². The van der Waals surface area contributed by atoms with Gasteiger partial charge in [0, 0.05) is 45.4 Å². The average Bonchev–Trinajstić information content (AvgIpc) is 4.19. The largest absolute Gasteiger partial charge is 0.480 e. The molecular weight excluding hydrogens is 877 g/mol. The van der Waals surface area contributed by atoms with Crippen LogP contribution in [0.15, 0.2) is 97.1 Å². The molecule has 6 N–H and O–H groups in total. The molecule has 0 saturated carbocycles. The predicted octanol–water partition coefficient (Wildman–Crippen LogP) is 7.30. The van der Waals surface area contributed by atoms with Gasteiger partial charge in [0.15, 0.2) is 0 Å². The second-order valence-corrected chi connectivity index (χ2v) is 19.9. The van der Waals surface area contributed by atoms with Crippen molar-refractivity contribution in [2.45, 2.75) is 86.3 Å². The Morgan fingerprint density at radius 2 is 0.894 bits per heavy atom. The summed E-state index contributed by atoms with van der Waals surface area (Å²) in [5.41, 5.74) is 7.53. The average molecular weight is 925 g/mol. The summed E-state index contributed by atoms with van der Waals surface area (Å²) < 4.78 is 0. The topological polar surface area (TPSA) is 205 Å². The zero-order valence-electron chi connectivity index (χ0n) is 35.8. The van der Waals surface area contributed by atoms with Crippen molar-refractivity contribution in [3.8, 4) is 11.4 Å².